The summed E-state index contributed by atoms with van der Waals surface area (Å²) in [6.07, 6.45) is 2.08. The lowest BCUT2D eigenvalue weighted by molar-refractivity contribution is -0.115. The molecule has 1 amide bonds. The molecule has 1 aromatic carbocycles. The number of ether oxygens (including phenoxy) is 1. The molecule has 0 saturated heterocycles. The van der Waals surface area contributed by atoms with Crippen LogP contribution in [-0.4, -0.2) is 43.3 Å². The van der Waals surface area contributed by atoms with Crippen molar-refractivity contribution in [3.05, 3.63) is 58.6 Å². The van der Waals surface area contributed by atoms with Crippen LogP contribution in [0.4, 0.5) is 5.13 Å². The Hall–Kier alpha value is -3.24. The van der Waals surface area contributed by atoms with Crippen LogP contribution in [0.1, 0.15) is 39.8 Å². The molecule has 4 aromatic rings. The second kappa shape index (κ2) is 9.94. The highest BCUT2D eigenvalue weighted by Gasteiger charge is 2.24. The van der Waals surface area contributed by atoms with E-state index in [1.165, 1.54) is 17.8 Å². The Morgan fingerprint density at radius 1 is 1.26 bits per heavy atom. The number of pyridine rings is 1. The number of thioether (sulfide) groups is 1. The van der Waals surface area contributed by atoms with Gasteiger partial charge in [0.2, 0.25) is 5.91 Å². The van der Waals surface area contributed by atoms with Crippen molar-refractivity contribution in [3.63, 3.8) is 0 Å². The molecule has 1 unspecified atom stereocenters. The number of carbonyl (C=O) groups excluding carboxylic acids is 2. The molecule has 8 nitrogen and oxygen atoms in total. The number of nitrogens with one attached hydrogen (secondary N) is 1. The smallest absolute Gasteiger partial charge is 0.350 e. The molecule has 176 valence electrons. The van der Waals surface area contributed by atoms with Gasteiger partial charge in [0.05, 0.1) is 16.5 Å². The number of aromatic nitrogens is 4. The fourth-order valence-corrected chi connectivity index (χ4v) is 5.51. The standard InChI is InChI=1S/C24H25N5O3S2/c1-6-11-32-22(31)20-15(5)25-23(34-20)26-21(30)17(7-2)33-24-28-27-18-12-14(4)16-10-8-9-13(3)19(16)29(18)24/h6,8-10,12,17H,1,7,11H2,2-5H3,(H,25,26,30). The van der Waals surface area contributed by atoms with Gasteiger partial charge in [0.15, 0.2) is 15.9 Å². The fraction of sp³-hybridized carbons (Fsp3) is 0.292. The van der Waals surface area contributed by atoms with Crippen LogP contribution in [-0.2, 0) is 9.53 Å². The van der Waals surface area contributed by atoms with Crippen molar-refractivity contribution in [1.82, 2.24) is 19.6 Å². The van der Waals surface area contributed by atoms with Crippen molar-refractivity contribution >= 4 is 56.7 Å². The van der Waals surface area contributed by atoms with Crippen molar-refractivity contribution in [2.24, 2.45) is 0 Å². The van der Waals surface area contributed by atoms with Gasteiger partial charge in [0, 0.05) is 5.39 Å². The number of anilines is 1. The maximum atomic E-state index is 13.1. The normalized spacial score (nSPS) is 12.1. The first-order valence-corrected chi connectivity index (χ1v) is 12.5. The average Bonchev–Trinajstić information content (AvgIpc) is 3.38. The molecule has 0 spiro atoms. The first-order valence-electron chi connectivity index (χ1n) is 10.8. The zero-order valence-electron chi connectivity index (χ0n) is 19.4. The molecular formula is C24H25N5O3S2. The maximum Gasteiger partial charge on any atom is 0.350 e. The van der Waals surface area contributed by atoms with E-state index in [1.54, 1.807) is 6.92 Å². The van der Waals surface area contributed by atoms with E-state index >= 15 is 0 Å². The van der Waals surface area contributed by atoms with Crippen LogP contribution < -0.4 is 5.32 Å². The van der Waals surface area contributed by atoms with Crippen molar-refractivity contribution in [3.8, 4) is 0 Å². The van der Waals surface area contributed by atoms with E-state index < -0.39 is 11.2 Å². The van der Waals surface area contributed by atoms with Crippen LogP contribution in [0, 0.1) is 20.8 Å². The minimum atomic E-state index is -0.482. The predicted molar refractivity (Wildman–Crippen MR) is 136 cm³/mol. The van der Waals surface area contributed by atoms with E-state index in [-0.39, 0.29) is 12.5 Å². The lowest BCUT2D eigenvalue weighted by Gasteiger charge is -2.14. The zero-order valence-corrected chi connectivity index (χ0v) is 21.0. The van der Waals surface area contributed by atoms with Gasteiger partial charge in [0.1, 0.15) is 11.5 Å². The highest BCUT2D eigenvalue weighted by molar-refractivity contribution is 8.00. The van der Waals surface area contributed by atoms with Gasteiger partial charge < -0.3 is 10.1 Å². The molecule has 1 atom stereocenters. The van der Waals surface area contributed by atoms with Crippen molar-refractivity contribution in [1.29, 1.82) is 0 Å². The number of aryl methyl sites for hydroxylation is 3. The molecule has 34 heavy (non-hydrogen) atoms. The number of esters is 1. The van der Waals surface area contributed by atoms with Crippen molar-refractivity contribution in [2.75, 3.05) is 11.9 Å². The third kappa shape index (κ3) is 4.55. The fourth-order valence-electron chi connectivity index (χ4n) is 3.68. The van der Waals surface area contributed by atoms with Gasteiger partial charge in [-0.25, -0.2) is 9.78 Å². The van der Waals surface area contributed by atoms with E-state index in [0.717, 1.165) is 39.0 Å². The first-order chi connectivity index (χ1) is 16.3. The summed E-state index contributed by atoms with van der Waals surface area (Å²) >= 11 is 2.46. The topological polar surface area (TPSA) is 98.5 Å². The summed E-state index contributed by atoms with van der Waals surface area (Å²) in [4.78, 5) is 30.0. The molecular weight excluding hydrogens is 470 g/mol. The molecule has 0 aliphatic carbocycles. The van der Waals surface area contributed by atoms with Crippen LogP contribution in [0.15, 0.2) is 42.1 Å². The van der Waals surface area contributed by atoms with Gasteiger partial charge in [-0.05, 0) is 44.4 Å². The van der Waals surface area contributed by atoms with Gasteiger partial charge >= 0.3 is 5.97 Å². The SMILES string of the molecule is C=CCOC(=O)c1sc(NC(=O)C(CC)Sc2nnc3cc(C)c4cccc(C)c4n23)nc1C. The Kier molecular flexibility index (Phi) is 6.99. The minimum absolute atomic E-state index is 0.117. The molecule has 0 bridgehead atoms. The second-order valence-corrected chi connectivity index (χ2v) is 9.97. The number of carbonyl (C=O) groups is 2. The average molecular weight is 496 g/mol. The number of hydrogen-bond donors (Lipinski definition) is 1. The monoisotopic (exact) mass is 495 g/mol. The Bertz CT molecular complexity index is 1410. The third-order valence-electron chi connectivity index (χ3n) is 5.35. The molecule has 0 radical (unpaired) electrons. The van der Waals surface area contributed by atoms with Crippen molar-refractivity contribution in [2.45, 2.75) is 44.5 Å². The van der Waals surface area contributed by atoms with Gasteiger partial charge in [0.25, 0.3) is 0 Å². The summed E-state index contributed by atoms with van der Waals surface area (Å²) in [7, 11) is 0. The molecule has 10 heteroatoms. The number of thiazole rings is 1. The summed E-state index contributed by atoms with van der Waals surface area (Å²) in [5, 5.41) is 13.3. The number of nitrogens with zero attached hydrogens (tertiary/aromatic N) is 4. The number of rotatable bonds is 8. The Balaban J connectivity index is 1.59. The number of para-hydroxylation sites is 1. The van der Waals surface area contributed by atoms with Gasteiger partial charge in [-0.15, -0.1) is 10.2 Å². The largest absolute Gasteiger partial charge is 0.457 e. The first kappa shape index (κ1) is 23.9. The number of fused-ring (bicyclic) bond motifs is 3. The Morgan fingerprint density at radius 3 is 2.79 bits per heavy atom. The van der Waals surface area contributed by atoms with Crippen LogP contribution in [0.5, 0.6) is 0 Å². The van der Waals surface area contributed by atoms with E-state index in [9.17, 15) is 9.59 Å². The van der Waals surface area contributed by atoms with E-state index in [2.05, 4.69) is 53.1 Å². The highest BCUT2D eigenvalue weighted by Crippen LogP contribution is 2.31. The van der Waals surface area contributed by atoms with Crippen LogP contribution in [0.2, 0.25) is 0 Å². The number of amides is 1. The lowest BCUT2D eigenvalue weighted by atomic mass is 10.1. The minimum Gasteiger partial charge on any atom is -0.457 e. The molecule has 3 heterocycles. The molecule has 3 aromatic heterocycles. The summed E-state index contributed by atoms with van der Waals surface area (Å²) in [6, 6.07) is 8.18. The summed E-state index contributed by atoms with van der Waals surface area (Å²) in [6.45, 7) is 11.4. The van der Waals surface area contributed by atoms with E-state index in [1.807, 2.05) is 23.5 Å². The Morgan fingerprint density at radius 2 is 2.06 bits per heavy atom. The summed E-state index contributed by atoms with van der Waals surface area (Å²) < 4.78 is 7.10. The molecule has 0 aliphatic heterocycles. The van der Waals surface area contributed by atoms with Crippen LogP contribution in [0.25, 0.3) is 16.6 Å². The van der Waals surface area contributed by atoms with E-state index in [0.29, 0.717) is 27.3 Å². The zero-order chi connectivity index (χ0) is 24.4. The van der Waals surface area contributed by atoms with Crippen molar-refractivity contribution < 1.29 is 14.3 Å². The van der Waals surface area contributed by atoms with E-state index in [4.69, 9.17) is 4.74 Å². The quantitative estimate of drug-likeness (QED) is 0.206. The highest BCUT2D eigenvalue weighted by atomic mass is 32.2. The van der Waals surface area contributed by atoms with Gasteiger partial charge in [-0.1, -0.05) is 60.9 Å². The molecule has 4 rings (SSSR count). The molecule has 0 saturated carbocycles. The van der Waals surface area contributed by atoms with Gasteiger partial charge in [-0.2, -0.15) is 0 Å². The maximum absolute atomic E-state index is 13.1. The summed E-state index contributed by atoms with van der Waals surface area (Å²) in [5.41, 5.74) is 4.53. The third-order valence-corrected chi connectivity index (χ3v) is 7.71. The second-order valence-electron chi connectivity index (χ2n) is 7.80. The lowest BCUT2D eigenvalue weighted by Crippen LogP contribution is -2.24. The number of hydrogen-bond acceptors (Lipinski definition) is 8. The van der Waals surface area contributed by atoms with Crippen LogP contribution in [0.3, 0.4) is 0 Å². The molecule has 1 N–H and O–H groups in total. The summed E-state index contributed by atoms with van der Waals surface area (Å²) in [5.74, 6) is -0.693. The predicted octanol–water partition coefficient (Wildman–Crippen LogP) is 5.12. The van der Waals surface area contributed by atoms with Crippen LogP contribution >= 0.6 is 23.1 Å². The number of benzene rings is 1. The molecule has 0 aliphatic rings. The van der Waals surface area contributed by atoms with Gasteiger partial charge in [-0.3, -0.25) is 9.20 Å². The Labute approximate surface area is 205 Å². The molecule has 0 fully saturated rings.